The molecule has 2 bridgehead atoms. The second-order valence-electron chi connectivity index (χ2n) is 10.1. The first-order valence-corrected chi connectivity index (χ1v) is 12.5. The molecular formula is C25H27F4N7. The Morgan fingerprint density at radius 2 is 1.69 bits per heavy atom. The molecule has 0 spiro atoms. The second kappa shape index (κ2) is 9.01. The molecule has 36 heavy (non-hydrogen) atoms. The predicted octanol–water partition coefficient (Wildman–Crippen LogP) is 4.58. The third-order valence-electron chi connectivity index (χ3n) is 7.94. The zero-order valence-electron chi connectivity index (χ0n) is 19.9. The number of piperidine rings is 1. The predicted molar refractivity (Wildman–Crippen MR) is 125 cm³/mol. The highest BCUT2D eigenvalue weighted by atomic mass is 19.2. The summed E-state index contributed by atoms with van der Waals surface area (Å²) in [7, 11) is 0. The lowest BCUT2D eigenvalue weighted by molar-refractivity contribution is 0.371. The van der Waals surface area contributed by atoms with E-state index in [2.05, 4.69) is 20.4 Å². The van der Waals surface area contributed by atoms with Gasteiger partial charge in [0.1, 0.15) is 12.2 Å². The van der Waals surface area contributed by atoms with Crippen molar-refractivity contribution in [1.82, 2.24) is 24.7 Å². The Balaban J connectivity index is 1.24. The fourth-order valence-corrected chi connectivity index (χ4v) is 6.13. The van der Waals surface area contributed by atoms with Gasteiger partial charge in [-0.1, -0.05) is 12.5 Å². The quantitative estimate of drug-likeness (QED) is 0.417. The first kappa shape index (κ1) is 23.2. The molecule has 3 aliphatic rings. The van der Waals surface area contributed by atoms with Crippen LogP contribution in [0.4, 0.5) is 29.3 Å². The average molecular weight is 502 g/mol. The number of halogens is 4. The van der Waals surface area contributed by atoms with Gasteiger partial charge >= 0.3 is 0 Å². The molecule has 2 unspecified atom stereocenters. The van der Waals surface area contributed by atoms with E-state index < -0.39 is 23.4 Å². The zero-order valence-corrected chi connectivity index (χ0v) is 19.9. The highest BCUT2D eigenvalue weighted by molar-refractivity contribution is 5.43. The van der Waals surface area contributed by atoms with Crippen molar-refractivity contribution in [2.24, 2.45) is 11.8 Å². The van der Waals surface area contributed by atoms with Gasteiger partial charge in [-0.15, -0.1) is 5.10 Å². The first-order chi connectivity index (χ1) is 17.4. The van der Waals surface area contributed by atoms with E-state index in [0.29, 0.717) is 49.3 Å². The smallest absolute Gasteiger partial charge is 0.242 e. The van der Waals surface area contributed by atoms with E-state index in [1.54, 1.807) is 11.6 Å². The van der Waals surface area contributed by atoms with Crippen molar-refractivity contribution in [2.75, 3.05) is 23.3 Å². The molecule has 2 fully saturated rings. The topological polar surface area (TPSA) is 71.8 Å². The van der Waals surface area contributed by atoms with Gasteiger partial charge in [0.2, 0.25) is 5.95 Å². The van der Waals surface area contributed by atoms with Crippen LogP contribution in [0, 0.1) is 42.0 Å². The highest BCUT2D eigenvalue weighted by Gasteiger charge is 2.43. The minimum absolute atomic E-state index is 0.103. The minimum atomic E-state index is -1.46. The van der Waals surface area contributed by atoms with Crippen LogP contribution in [-0.2, 0) is 6.54 Å². The van der Waals surface area contributed by atoms with E-state index in [0.717, 1.165) is 31.7 Å². The van der Waals surface area contributed by atoms with Gasteiger partial charge in [0.25, 0.3) is 0 Å². The Morgan fingerprint density at radius 3 is 2.47 bits per heavy atom. The van der Waals surface area contributed by atoms with Crippen LogP contribution in [0.1, 0.15) is 55.1 Å². The number of nitrogens with zero attached hydrogens (tertiary/aromatic N) is 6. The lowest BCUT2D eigenvalue weighted by Gasteiger charge is -2.38. The summed E-state index contributed by atoms with van der Waals surface area (Å²) in [6.45, 7) is 3.59. The van der Waals surface area contributed by atoms with Gasteiger partial charge in [-0.25, -0.2) is 32.2 Å². The minimum Gasteiger partial charge on any atom is -0.353 e. The Hall–Kier alpha value is -3.24. The van der Waals surface area contributed by atoms with Crippen LogP contribution in [0.25, 0.3) is 0 Å². The molecule has 1 saturated heterocycles. The van der Waals surface area contributed by atoms with Crippen molar-refractivity contribution >= 4 is 11.8 Å². The maximum atomic E-state index is 14.7. The van der Waals surface area contributed by atoms with Crippen LogP contribution in [0.2, 0.25) is 0 Å². The van der Waals surface area contributed by atoms with Crippen molar-refractivity contribution in [3.63, 3.8) is 0 Å². The third-order valence-corrected chi connectivity index (χ3v) is 7.94. The van der Waals surface area contributed by atoms with Crippen molar-refractivity contribution < 1.29 is 17.6 Å². The molecular weight excluding hydrogens is 474 g/mol. The first-order valence-electron chi connectivity index (χ1n) is 12.5. The standard InChI is InChI=1S/C25H27F4N7/c1-13-19(27)24(31-12-30-13)35-10-14-5-6-15(11-35)22(14)32-25-33-23-17(4-2-3-9-36(23)34-25)16-7-8-18(26)21(29)20(16)28/h7-8,12,14-15,17,22H,2-6,9-11H2,1H3,(H,32,34)/t14-,15?,17?,22-/m0/s1. The van der Waals surface area contributed by atoms with Gasteiger partial charge in [-0.05, 0) is 50.5 Å². The summed E-state index contributed by atoms with van der Waals surface area (Å²) < 4.78 is 58.6. The number of nitrogens with one attached hydrogen (secondary N) is 1. The molecule has 190 valence electrons. The van der Waals surface area contributed by atoms with Crippen LogP contribution in [0.5, 0.6) is 0 Å². The molecule has 7 nitrogen and oxygen atoms in total. The van der Waals surface area contributed by atoms with Crippen molar-refractivity contribution in [2.45, 2.75) is 57.5 Å². The van der Waals surface area contributed by atoms with Crippen molar-refractivity contribution in [1.29, 1.82) is 0 Å². The van der Waals surface area contributed by atoms with Crippen LogP contribution in [0.15, 0.2) is 18.5 Å². The SMILES string of the molecule is Cc1ncnc(N2CC3CC[C@@H](C2)[C@@H]3Nc2nc3n(n2)CCCCC3c2ccc(F)c(F)c2F)c1F. The Labute approximate surface area is 206 Å². The van der Waals surface area contributed by atoms with Gasteiger partial charge in [-0.3, -0.25) is 0 Å². The Bertz CT molecular complexity index is 1280. The molecule has 0 radical (unpaired) electrons. The summed E-state index contributed by atoms with van der Waals surface area (Å²) in [6.07, 6.45) is 5.62. The van der Waals surface area contributed by atoms with Crippen LogP contribution < -0.4 is 10.2 Å². The average Bonchev–Trinajstić information content (AvgIpc) is 3.27. The summed E-state index contributed by atoms with van der Waals surface area (Å²) in [5.41, 5.74) is 0.440. The van der Waals surface area contributed by atoms with Crippen LogP contribution in [-0.4, -0.2) is 43.9 Å². The summed E-state index contributed by atoms with van der Waals surface area (Å²) in [5, 5.41) is 8.16. The van der Waals surface area contributed by atoms with Crippen molar-refractivity contribution in [3.8, 4) is 0 Å². The van der Waals surface area contributed by atoms with E-state index >= 15 is 0 Å². The number of anilines is 2. The number of fused-ring (bicyclic) bond motifs is 3. The lowest BCUT2D eigenvalue weighted by Crippen LogP contribution is -2.48. The molecule has 1 saturated carbocycles. The van der Waals surface area contributed by atoms with Gasteiger partial charge < -0.3 is 10.2 Å². The second-order valence-corrected chi connectivity index (χ2v) is 10.1. The molecule has 2 aliphatic heterocycles. The van der Waals surface area contributed by atoms with Crippen LogP contribution >= 0.6 is 0 Å². The number of aryl methyl sites for hydroxylation is 2. The van der Waals surface area contributed by atoms with Gasteiger partial charge in [0.05, 0.1) is 5.69 Å². The molecule has 3 aromatic rings. The number of rotatable bonds is 4. The largest absolute Gasteiger partial charge is 0.353 e. The fourth-order valence-electron chi connectivity index (χ4n) is 6.13. The number of aromatic nitrogens is 5. The summed E-state index contributed by atoms with van der Waals surface area (Å²) in [6, 6.07) is 2.39. The van der Waals surface area contributed by atoms with E-state index in [1.165, 1.54) is 12.4 Å². The molecule has 6 rings (SSSR count). The molecule has 2 aromatic heterocycles. The normalized spacial score (nSPS) is 25.5. The Kier molecular flexibility index (Phi) is 5.80. The lowest BCUT2D eigenvalue weighted by atomic mass is 9.92. The Morgan fingerprint density at radius 1 is 0.917 bits per heavy atom. The molecule has 11 heteroatoms. The zero-order chi connectivity index (χ0) is 25.0. The highest BCUT2D eigenvalue weighted by Crippen LogP contribution is 2.41. The van der Waals surface area contributed by atoms with Crippen molar-refractivity contribution in [3.05, 3.63) is 58.8 Å². The summed E-state index contributed by atoms with van der Waals surface area (Å²) >= 11 is 0. The van der Waals surface area contributed by atoms with E-state index in [1.807, 2.05) is 4.90 Å². The van der Waals surface area contributed by atoms with Gasteiger partial charge in [0, 0.05) is 37.2 Å². The summed E-state index contributed by atoms with van der Waals surface area (Å²) in [5.74, 6) is -2.81. The monoisotopic (exact) mass is 501 g/mol. The van der Waals surface area contributed by atoms with E-state index in [4.69, 9.17) is 4.98 Å². The number of hydrogen-bond donors (Lipinski definition) is 1. The maximum absolute atomic E-state index is 14.7. The molecule has 1 aromatic carbocycles. The summed E-state index contributed by atoms with van der Waals surface area (Å²) in [4.78, 5) is 14.8. The van der Waals surface area contributed by atoms with Crippen LogP contribution in [0.3, 0.4) is 0 Å². The molecule has 0 amide bonds. The molecule has 1 N–H and O–H groups in total. The molecule has 4 heterocycles. The molecule has 1 aliphatic carbocycles. The van der Waals surface area contributed by atoms with E-state index in [9.17, 15) is 17.6 Å². The fraction of sp³-hybridized carbons (Fsp3) is 0.520. The van der Waals surface area contributed by atoms with E-state index in [-0.39, 0.29) is 29.3 Å². The maximum Gasteiger partial charge on any atom is 0.242 e. The van der Waals surface area contributed by atoms with Gasteiger partial charge in [-0.2, -0.15) is 4.98 Å². The third kappa shape index (κ3) is 3.88. The van der Waals surface area contributed by atoms with Gasteiger partial charge in [0.15, 0.2) is 29.1 Å². The number of hydrogen-bond acceptors (Lipinski definition) is 6. The molecule has 4 atom stereocenters. The number of benzene rings is 1.